The van der Waals surface area contributed by atoms with E-state index < -0.39 is 11.5 Å². The Morgan fingerprint density at radius 1 is 1.25 bits per heavy atom. The lowest BCUT2D eigenvalue weighted by Crippen LogP contribution is -2.62. The maximum absolute atomic E-state index is 12.1. The fourth-order valence-electron chi connectivity index (χ4n) is 3.81. The SMILES string of the molecule is O=C(O)CC1(NC(=O)NC2CN3CCC2CC3)CCC1. The van der Waals surface area contributed by atoms with Crippen molar-refractivity contribution in [3.8, 4) is 0 Å². The van der Waals surface area contributed by atoms with E-state index in [0.717, 1.165) is 51.7 Å². The number of nitrogens with zero attached hydrogens (tertiary/aromatic N) is 1. The van der Waals surface area contributed by atoms with Crippen LogP contribution < -0.4 is 10.6 Å². The first kappa shape index (κ1) is 13.7. The van der Waals surface area contributed by atoms with Crippen molar-refractivity contribution in [3.63, 3.8) is 0 Å². The number of hydrogen-bond acceptors (Lipinski definition) is 3. The van der Waals surface area contributed by atoms with E-state index in [1.54, 1.807) is 0 Å². The van der Waals surface area contributed by atoms with Crippen molar-refractivity contribution >= 4 is 12.0 Å². The molecule has 0 spiro atoms. The van der Waals surface area contributed by atoms with Crippen molar-refractivity contribution in [1.82, 2.24) is 15.5 Å². The topological polar surface area (TPSA) is 81.7 Å². The van der Waals surface area contributed by atoms with Gasteiger partial charge >= 0.3 is 12.0 Å². The molecule has 1 saturated carbocycles. The van der Waals surface area contributed by atoms with Crippen LogP contribution in [-0.2, 0) is 4.79 Å². The summed E-state index contributed by atoms with van der Waals surface area (Å²) in [5.41, 5.74) is -0.510. The molecule has 0 radical (unpaired) electrons. The van der Waals surface area contributed by atoms with Gasteiger partial charge < -0.3 is 20.6 Å². The van der Waals surface area contributed by atoms with Crippen LogP contribution in [0.25, 0.3) is 0 Å². The van der Waals surface area contributed by atoms with Crippen LogP contribution in [0.4, 0.5) is 4.79 Å². The standard InChI is InChI=1S/C14H23N3O3/c18-12(19)8-14(4-1-5-14)16-13(20)15-11-9-17-6-2-10(11)3-7-17/h10-11H,1-9H2,(H,18,19)(H2,15,16,20). The van der Waals surface area contributed by atoms with Gasteiger partial charge in [0.15, 0.2) is 0 Å². The fourth-order valence-corrected chi connectivity index (χ4v) is 3.81. The number of rotatable bonds is 4. The molecule has 20 heavy (non-hydrogen) atoms. The Morgan fingerprint density at radius 2 is 1.95 bits per heavy atom. The Bertz CT molecular complexity index is 400. The van der Waals surface area contributed by atoms with Crippen molar-refractivity contribution in [2.45, 2.75) is 50.1 Å². The monoisotopic (exact) mass is 281 g/mol. The molecule has 112 valence electrons. The van der Waals surface area contributed by atoms with E-state index in [4.69, 9.17) is 5.11 Å². The first-order valence-electron chi connectivity index (χ1n) is 7.59. The smallest absolute Gasteiger partial charge is 0.315 e. The quantitative estimate of drug-likeness (QED) is 0.711. The van der Waals surface area contributed by atoms with E-state index >= 15 is 0 Å². The van der Waals surface area contributed by atoms with Crippen LogP contribution in [0.15, 0.2) is 0 Å². The Labute approximate surface area is 118 Å². The van der Waals surface area contributed by atoms with Crippen LogP contribution >= 0.6 is 0 Å². The predicted octanol–water partition coefficient (Wildman–Crippen LogP) is 0.777. The van der Waals surface area contributed by atoms with Gasteiger partial charge in [-0.3, -0.25) is 4.79 Å². The molecule has 1 unspecified atom stereocenters. The fraction of sp³-hybridized carbons (Fsp3) is 0.857. The molecule has 3 saturated heterocycles. The highest BCUT2D eigenvalue weighted by Crippen LogP contribution is 2.35. The molecule has 2 bridgehead atoms. The van der Waals surface area contributed by atoms with E-state index in [9.17, 15) is 9.59 Å². The third-order valence-electron chi connectivity index (χ3n) is 5.15. The molecule has 3 N–H and O–H groups in total. The van der Waals surface area contributed by atoms with E-state index in [2.05, 4.69) is 15.5 Å². The number of nitrogens with one attached hydrogen (secondary N) is 2. The molecule has 4 aliphatic rings. The van der Waals surface area contributed by atoms with Gasteiger partial charge in [0.2, 0.25) is 0 Å². The second-order valence-electron chi connectivity index (χ2n) is 6.55. The summed E-state index contributed by atoms with van der Waals surface area (Å²) in [5.74, 6) is -0.254. The molecule has 0 aromatic rings. The summed E-state index contributed by atoms with van der Waals surface area (Å²) >= 11 is 0. The van der Waals surface area contributed by atoms with Crippen molar-refractivity contribution in [2.24, 2.45) is 5.92 Å². The molecule has 0 aromatic heterocycles. The lowest BCUT2D eigenvalue weighted by Gasteiger charge is -2.46. The van der Waals surface area contributed by atoms with Crippen LogP contribution in [0.5, 0.6) is 0 Å². The van der Waals surface area contributed by atoms with Gasteiger partial charge in [-0.05, 0) is 51.1 Å². The summed E-state index contributed by atoms with van der Waals surface area (Å²) < 4.78 is 0. The minimum absolute atomic E-state index is 0.0284. The number of carboxylic acids is 1. The summed E-state index contributed by atoms with van der Waals surface area (Å²) in [7, 11) is 0. The molecule has 4 fully saturated rings. The molecule has 3 aliphatic heterocycles. The average molecular weight is 281 g/mol. The number of carboxylic acid groups (broad SMARTS) is 1. The average Bonchev–Trinajstić information content (AvgIpc) is 2.37. The normalized spacial score (nSPS) is 34.1. The van der Waals surface area contributed by atoms with Gasteiger partial charge in [0.25, 0.3) is 0 Å². The van der Waals surface area contributed by atoms with Crippen LogP contribution in [-0.4, -0.2) is 53.2 Å². The molecule has 1 atom stereocenters. The molecule has 0 aromatic carbocycles. The van der Waals surface area contributed by atoms with Crippen molar-refractivity contribution < 1.29 is 14.7 Å². The zero-order valence-corrected chi connectivity index (χ0v) is 11.7. The van der Waals surface area contributed by atoms with E-state index in [1.807, 2.05) is 0 Å². The van der Waals surface area contributed by atoms with Crippen molar-refractivity contribution in [1.29, 1.82) is 0 Å². The molecule has 1 aliphatic carbocycles. The zero-order valence-electron chi connectivity index (χ0n) is 11.7. The summed E-state index contributed by atoms with van der Waals surface area (Å²) in [4.78, 5) is 25.4. The van der Waals surface area contributed by atoms with Gasteiger partial charge in [0, 0.05) is 12.6 Å². The summed E-state index contributed by atoms with van der Waals surface area (Å²) in [6.45, 7) is 3.23. The third-order valence-corrected chi connectivity index (χ3v) is 5.15. The lowest BCUT2D eigenvalue weighted by molar-refractivity contribution is -0.139. The Kier molecular flexibility index (Phi) is 3.58. The summed E-state index contributed by atoms with van der Waals surface area (Å²) in [6, 6.07) is 0.0316. The maximum Gasteiger partial charge on any atom is 0.315 e. The van der Waals surface area contributed by atoms with Gasteiger partial charge in [0.05, 0.1) is 12.0 Å². The van der Waals surface area contributed by atoms with E-state index in [1.165, 1.54) is 0 Å². The largest absolute Gasteiger partial charge is 0.481 e. The van der Waals surface area contributed by atoms with E-state index in [0.29, 0.717) is 5.92 Å². The molecular weight excluding hydrogens is 258 g/mol. The Hall–Kier alpha value is -1.30. The molecule has 3 heterocycles. The highest BCUT2D eigenvalue weighted by atomic mass is 16.4. The number of carbonyl (C=O) groups is 2. The number of urea groups is 1. The molecule has 6 heteroatoms. The van der Waals surface area contributed by atoms with Crippen LogP contribution in [0.3, 0.4) is 0 Å². The second kappa shape index (κ2) is 5.24. The predicted molar refractivity (Wildman–Crippen MR) is 73.5 cm³/mol. The van der Waals surface area contributed by atoms with Crippen LogP contribution in [0, 0.1) is 5.92 Å². The maximum atomic E-state index is 12.1. The lowest BCUT2D eigenvalue weighted by atomic mass is 9.74. The number of carbonyl (C=O) groups excluding carboxylic acids is 1. The molecular formula is C14H23N3O3. The zero-order chi connectivity index (χ0) is 14.2. The number of piperidine rings is 3. The van der Waals surface area contributed by atoms with Gasteiger partial charge in [0.1, 0.15) is 0 Å². The Balaban J connectivity index is 1.53. The van der Waals surface area contributed by atoms with Crippen molar-refractivity contribution in [2.75, 3.05) is 19.6 Å². The first-order valence-corrected chi connectivity index (χ1v) is 7.59. The highest BCUT2D eigenvalue weighted by molar-refractivity contribution is 5.77. The minimum Gasteiger partial charge on any atom is -0.481 e. The molecule has 4 rings (SSSR count). The summed E-state index contributed by atoms with van der Waals surface area (Å²) in [6.07, 6.45) is 4.88. The minimum atomic E-state index is -0.840. The van der Waals surface area contributed by atoms with Gasteiger partial charge in [-0.1, -0.05) is 0 Å². The molecule has 2 amide bonds. The van der Waals surface area contributed by atoms with Gasteiger partial charge in [-0.15, -0.1) is 0 Å². The number of hydrogen-bond donors (Lipinski definition) is 3. The molecule has 6 nitrogen and oxygen atoms in total. The van der Waals surface area contributed by atoms with Crippen molar-refractivity contribution in [3.05, 3.63) is 0 Å². The first-order chi connectivity index (χ1) is 9.56. The highest BCUT2D eigenvalue weighted by Gasteiger charge is 2.41. The number of fused-ring (bicyclic) bond motifs is 3. The Morgan fingerprint density at radius 3 is 2.40 bits per heavy atom. The second-order valence-corrected chi connectivity index (χ2v) is 6.55. The van der Waals surface area contributed by atoms with Crippen LogP contribution in [0.1, 0.15) is 38.5 Å². The van der Waals surface area contributed by atoms with Gasteiger partial charge in [-0.2, -0.15) is 0 Å². The summed E-state index contributed by atoms with van der Waals surface area (Å²) in [5, 5.41) is 14.9. The van der Waals surface area contributed by atoms with E-state index in [-0.39, 0.29) is 18.5 Å². The van der Waals surface area contributed by atoms with Gasteiger partial charge in [-0.25, -0.2) is 4.79 Å². The third kappa shape index (κ3) is 2.75. The number of amides is 2. The van der Waals surface area contributed by atoms with Crippen LogP contribution in [0.2, 0.25) is 0 Å². The number of aliphatic carboxylic acids is 1.